The number of nitrogens with two attached hydrogens (primary N) is 1. The molecule has 3 amide bonds. The summed E-state index contributed by atoms with van der Waals surface area (Å²) in [6, 6.07) is 10.2. The number of hydrogen-bond acceptors (Lipinski definition) is 4. The van der Waals surface area contributed by atoms with Gasteiger partial charge in [-0.3, -0.25) is 19.4 Å². The van der Waals surface area contributed by atoms with E-state index in [0.29, 0.717) is 31.2 Å². The van der Waals surface area contributed by atoms with Gasteiger partial charge < -0.3 is 15.5 Å². The Morgan fingerprint density at radius 1 is 1.00 bits per heavy atom. The van der Waals surface area contributed by atoms with E-state index in [0.717, 1.165) is 5.56 Å². The quantitative estimate of drug-likeness (QED) is 0.858. The Labute approximate surface area is 161 Å². The van der Waals surface area contributed by atoms with Gasteiger partial charge in [-0.15, -0.1) is 0 Å². The van der Waals surface area contributed by atoms with Crippen molar-refractivity contribution in [3.63, 3.8) is 0 Å². The minimum atomic E-state index is -0.591. The minimum Gasteiger partial charge on any atom is -0.366 e. The Morgan fingerprint density at radius 2 is 1.67 bits per heavy atom. The number of nitrogens with zero attached hydrogens (tertiary/aromatic N) is 3. The van der Waals surface area contributed by atoms with Crippen LogP contribution in [0.3, 0.4) is 0 Å². The monoisotopic (exact) mass is 386 g/mol. The van der Waals surface area contributed by atoms with Crippen LogP contribution >= 0.6 is 11.6 Å². The maximum absolute atomic E-state index is 12.5. The zero-order valence-corrected chi connectivity index (χ0v) is 15.4. The highest BCUT2D eigenvalue weighted by atomic mass is 35.5. The summed E-state index contributed by atoms with van der Waals surface area (Å²) in [4.78, 5) is 43.5. The molecule has 1 aliphatic rings. The fourth-order valence-corrected chi connectivity index (χ4v) is 3.11. The summed E-state index contributed by atoms with van der Waals surface area (Å²) in [5.41, 5.74) is 6.46. The van der Waals surface area contributed by atoms with Gasteiger partial charge in [0.1, 0.15) is 5.69 Å². The van der Waals surface area contributed by atoms with Crippen LogP contribution in [0.5, 0.6) is 0 Å². The summed E-state index contributed by atoms with van der Waals surface area (Å²) in [5, 5.41) is 0.574. The molecule has 0 atom stereocenters. The van der Waals surface area contributed by atoms with Crippen LogP contribution in [-0.2, 0) is 11.2 Å². The predicted molar refractivity (Wildman–Crippen MR) is 100 cm³/mol. The molecule has 2 heterocycles. The van der Waals surface area contributed by atoms with Crippen molar-refractivity contribution in [3.05, 3.63) is 64.4 Å². The summed E-state index contributed by atoms with van der Waals surface area (Å²) in [6.45, 7) is 1.75. The molecule has 0 saturated carbocycles. The minimum absolute atomic E-state index is 0.0147. The first kappa shape index (κ1) is 18.8. The van der Waals surface area contributed by atoms with Crippen LogP contribution in [0.1, 0.15) is 26.4 Å². The topological polar surface area (TPSA) is 96.6 Å². The fourth-order valence-electron chi connectivity index (χ4n) is 2.90. The van der Waals surface area contributed by atoms with Crippen LogP contribution in [0.4, 0.5) is 0 Å². The molecule has 1 fully saturated rings. The Balaban J connectivity index is 1.56. The molecule has 1 aliphatic heterocycles. The molecule has 0 spiro atoms. The molecule has 3 rings (SSSR count). The number of halogens is 1. The number of pyridine rings is 1. The lowest BCUT2D eigenvalue weighted by atomic mass is 10.1. The van der Waals surface area contributed by atoms with Crippen molar-refractivity contribution < 1.29 is 14.4 Å². The molecule has 1 aromatic carbocycles. The Morgan fingerprint density at radius 3 is 2.26 bits per heavy atom. The molecule has 1 aromatic heterocycles. The highest BCUT2D eigenvalue weighted by Gasteiger charge is 2.25. The molecular weight excluding hydrogens is 368 g/mol. The highest BCUT2D eigenvalue weighted by molar-refractivity contribution is 6.31. The Hall–Kier alpha value is -2.93. The van der Waals surface area contributed by atoms with Crippen LogP contribution in [0.2, 0.25) is 5.02 Å². The molecule has 7 nitrogen and oxygen atoms in total. The second-order valence-corrected chi connectivity index (χ2v) is 6.64. The van der Waals surface area contributed by atoms with Gasteiger partial charge in [-0.05, 0) is 23.8 Å². The SMILES string of the molecule is NC(=O)c1ccc(C(=O)N2CCN(C(=O)Cc3ccccc3Cl)CC2)nc1. The number of primary amides is 1. The van der Waals surface area contributed by atoms with Crippen molar-refractivity contribution in [1.29, 1.82) is 0 Å². The summed E-state index contributed by atoms with van der Waals surface area (Å²) in [6.07, 6.45) is 1.53. The van der Waals surface area contributed by atoms with E-state index in [9.17, 15) is 14.4 Å². The van der Waals surface area contributed by atoms with E-state index >= 15 is 0 Å². The first-order valence-electron chi connectivity index (χ1n) is 8.52. The molecule has 0 bridgehead atoms. The normalized spacial score (nSPS) is 14.1. The van der Waals surface area contributed by atoms with Crippen LogP contribution in [-0.4, -0.2) is 58.7 Å². The molecular formula is C19H19ClN4O3. The second kappa shape index (κ2) is 8.18. The maximum atomic E-state index is 12.5. The fraction of sp³-hybridized carbons (Fsp3) is 0.263. The van der Waals surface area contributed by atoms with E-state index in [1.807, 2.05) is 18.2 Å². The third kappa shape index (κ3) is 4.43. The van der Waals surface area contributed by atoms with Crippen molar-refractivity contribution >= 4 is 29.3 Å². The second-order valence-electron chi connectivity index (χ2n) is 6.24. The third-order valence-corrected chi connectivity index (χ3v) is 4.85. The number of aromatic nitrogens is 1. The van der Waals surface area contributed by atoms with Crippen molar-refractivity contribution in [1.82, 2.24) is 14.8 Å². The molecule has 1 saturated heterocycles. The molecule has 2 N–H and O–H groups in total. The molecule has 0 radical (unpaired) electrons. The van der Waals surface area contributed by atoms with Gasteiger partial charge in [0.05, 0.1) is 12.0 Å². The van der Waals surface area contributed by atoms with E-state index in [-0.39, 0.29) is 29.5 Å². The Bertz CT molecular complexity index is 862. The zero-order chi connectivity index (χ0) is 19.4. The van der Waals surface area contributed by atoms with E-state index < -0.39 is 5.91 Å². The lowest BCUT2D eigenvalue weighted by Crippen LogP contribution is -2.51. The largest absolute Gasteiger partial charge is 0.366 e. The van der Waals surface area contributed by atoms with E-state index in [1.54, 1.807) is 15.9 Å². The van der Waals surface area contributed by atoms with E-state index in [1.165, 1.54) is 18.3 Å². The van der Waals surface area contributed by atoms with Gasteiger partial charge >= 0.3 is 0 Å². The van der Waals surface area contributed by atoms with Crippen molar-refractivity contribution in [3.8, 4) is 0 Å². The lowest BCUT2D eigenvalue weighted by Gasteiger charge is -2.34. The number of carbonyl (C=O) groups excluding carboxylic acids is 3. The molecule has 140 valence electrons. The first-order chi connectivity index (χ1) is 13.0. The van der Waals surface area contributed by atoms with Crippen LogP contribution in [0, 0.1) is 0 Å². The summed E-state index contributed by atoms with van der Waals surface area (Å²) < 4.78 is 0. The average molecular weight is 387 g/mol. The Kier molecular flexibility index (Phi) is 5.71. The number of carbonyl (C=O) groups is 3. The van der Waals surface area contributed by atoms with Gasteiger partial charge in [0.25, 0.3) is 5.91 Å². The summed E-state index contributed by atoms with van der Waals surface area (Å²) >= 11 is 6.11. The van der Waals surface area contributed by atoms with Gasteiger partial charge in [0.15, 0.2) is 0 Å². The summed E-state index contributed by atoms with van der Waals surface area (Å²) in [7, 11) is 0. The van der Waals surface area contributed by atoms with Crippen molar-refractivity contribution in [2.24, 2.45) is 5.73 Å². The first-order valence-corrected chi connectivity index (χ1v) is 8.90. The van der Waals surface area contributed by atoms with Crippen LogP contribution in [0.15, 0.2) is 42.6 Å². The molecule has 8 heteroatoms. The van der Waals surface area contributed by atoms with Crippen molar-refractivity contribution in [2.75, 3.05) is 26.2 Å². The number of piperazine rings is 1. The third-order valence-electron chi connectivity index (χ3n) is 4.49. The summed E-state index contributed by atoms with van der Waals surface area (Å²) in [5.74, 6) is -0.837. The van der Waals surface area contributed by atoms with Crippen molar-refractivity contribution in [2.45, 2.75) is 6.42 Å². The van der Waals surface area contributed by atoms with Crippen LogP contribution in [0.25, 0.3) is 0 Å². The van der Waals surface area contributed by atoms with Gasteiger partial charge in [0.2, 0.25) is 11.8 Å². The standard InChI is InChI=1S/C19H19ClN4O3/c20-15-4-2-1-3-13(15)11-17(25)23-7-9-24(10-8-23)19(27)16-6-5-14(12-22-16)18(21)26/h1-6,12H,7-11H2,(H2,21,26). The number of benzene rings is 1. The maximum Gasteiger partial charge on any atom is 0.272 e. The van der Waals surface area contributed by atoms with Gasteiger partial charge in [-0.1, -0.05) is 29.8 Å². The average Bonchev–Trinajstić information content (AvgIpc) is 2.69. The van der Waals surface area contributed by atoms with E-state index in [2.05, 4.69) is 4.98 Å². The molecule has 0 aliphatic carbocycles. The van der Waals surface area contributed by atoms with E-state index in [4.69, 9.17) is 17.3 Å². The number of hydrogen-bond donors (Lipinski definition) is 1. The molecule has 0 unspecified atom stereocenters. The van der Waals surface area contributed by atoms with Gasteiger partial charge in [-0.2, -0.15) is 0 Å². The molecule has 2 aromatic rings. The zero-order valence-electron chi connectivity index (χ0n) is 14.6. The number of amides is 3. The van der Waals surface area contributed by atoms with Gasteiger partial charge in [0, 0.05) is 37.4 Å². The van der Waals surface area contributed by atoms with Gasteiger partial charge in [-0.25, -0.2) is 0 Å². The smallest absolute Gasteiger partial charge is 0.272 e. The number of rotatable bonds is 4. The van der Waals surface area contributed by atoms with Crippen LogP contribution < -0.4 is 5.73 Å². The predicted octanol–water partition coefficient (Wildman–Crippen LogP) is 1.36. The molecule has 27 heavy (non-hydrogen) atoms. The highest BCUT2D eigenvalue weighted by Crippen LogP contribution is 2.17. The lowest BCUT2D eigenvalue weighted by molar-refractivity contribution is -0.131.